The van der Waals surface area contributed by atoms with Gasteiger partial charge in [0.15, 0.2) is 0 Å². The minimum absolute atomic E-state index is 0.151. The summed E-state index contributed by atoms with van der Waals surface area (Å²) in [6.45, 7) is 3.90. The third-order valence-corrected chi connectivity index (χ3v) is 2.96. The van der Waals surface area contributed by atoms with Crippen LogP contribution in [0.25, 0.3) is 0 Å². The number of aromatic amines is 1. The lowest BCUT2D eigenvalue weighted by Gasteiger charge is -2.02. The number of nitrogens with one attached hydrogen (secondary N) is 1. The van der Waals surface area contributed by atoms with Crippen LogP contribution in [0.2, 0.25) is 0 Å². The Balaban J connectivity index is 2.44. The lowest BCUT2D eigenvalue weighted by molar-refractivity contribution is 0.0518. The Labute approximate surface area is 134 Å². The van der Waals surface area contributed by atoms with Crippen LogP contribution in [0.3, 0.4) is 0 Å². The van der Waals surface area contributed by atoms with Crippen LogP contribution in [0.4, 0.5) is 0 Å². The van der Waals surface area contributed by atoms with Crippen molar-refractivity contribution in [3.63, 3.8) is 0 Å². The van der Waals surface area contributed by atoms with Gasteiger partial charge in [0.25, 0.3) is 0 Å². The van der Waals surface area contributed by atoms with Crippen molar-refractivity contribution in [1.82, 2.24) is 4.98 Å². The van der Waals surface area contributed by atoms with Gasteiger partial charge in [0, 0.05) is 11.8 Å². The van der Waals surface area contributed by atoms with E-state index in [-0.39, 0.29) is 30.0 Å². The van der Waals surface area contributed by atoms with Gasteiger partial charge in [-0.1, -0.05) is 30.0 Å². The number of aromatic nitrogens is 1. The standard InChI is InChI=1S/C18H17NO4/c1-3-22-17(20)15-12-19-16(18(21)23-4-2)14(15)11-10-13-8-6-5-7-9-13/h5-9,12,19H,3-4H2,1-2H3. The normalized spacial score (nSPS) is 9.65. The summed E-state index contributed by atoms with van der Waals surface area (Å²) in [7, 11) is 0. The number of esters is 2. The van der Waals surface area contributed by atoms with E-state index in [9.17, 15) is 9.59 Å². The maximum atomic E-state index is 12.0. The Morgan fingerprint density at radius 3 is 2.30 bits per heavy atom. The quantitative estimate of drug-likeness (QED) is 0.696. The first kappa shape index (κ1) is 16.4. The minimum Gasteiger partial charge on any atom is -0.462 e. The number of hydrogen-bond acceptors (Lipinski definition) is 4. The van der Waals surface area contributed by atoms with Crippen LogP contribution in [-0.4, -0.2) is 30.1 Å². The molecule has 23 heavy (non-hydrogen) atoms. The molecule has 0 saturated carbocycles. The fourth-order valence-corrected chi connectivity index (χ4v) is 1.94. The lowest BCUT2D eigenvalue weighted by atomic mass is 10.1. The molecule has 0 aliphatic rings. The van der Waals surface area contributed by atoms with Crippen LogP contribution >= 0.6 is 0 Å². The number of benzene rings is 1. The molecule has 0 aliphatic carbocycles. The van der Waals surface area contributed by atoms with Crippen molar-refractivity contribution in [1.29, 1.82) is 0 Å². The van der Waals surface area contributed by atoms with Gasteiger partial charge in [0.1, 0.15) is 5.69 Å². The van der Waals surface area contributed by atoms with E-state index in [0.717, 1.165) is 5.56 Å². The second kappa shape index (κ2) is 7.85. The van der Waals surface area contributed by atoms with Crippen molar-refractivity contribution < 1.29 is 19.1 Å². The van der Waals surface area contributed by atoms with Crippen molar-refractivity contribution in [3.05, 3.63) is 58.9 Å². The van der Waals surface area contributed by atoms with Crippen LogP contribution in [-0.2, 0) is 9.47 Å². The largest absolute Gasteiger partial charge is 0.462 e. The highest BCUT2D eigenvalue weighted by molar-refractivity contribution is 5.99. The molecule has 0 unspecified atom stereocenters. The van der Waals surface area contributed by atoms with Crippen molar-refractivity contribution >= 4 is 11.9 Å². The number of ether oxygens (including phenoxy) is 2. The van der Waals surface area contributed by atoms with Gasteiger partial charge in [-0.3, -0.25) is 0 Å². The summed E-state index contributed by atoms with van der Waals surface area (Å²) >= 11 is 0. The summed E-state index contributed by atoms with van der Waals surface area (Å²) in [5.74, 6) is 4.72. The molecule has 1 aromatic heterocycles. The molecule has 0 atom stereocenters. The van der Waals surface area contributed by atoms with Crippen LogP contribution in [0.15, 0.2) is 36.5 Å². The van der Waals surface area contributed by atoms with Crippen molar-refractivity contribution in [2.75, 3.05) is 13.2 Å². The number of H-pyrrole nitrogens is 1. The predicted octanol–water partition coefficient (Wildman–Crippen LogP) is 2.77. The maximum absolute atomic E-state index is 12.0. The predicted molar refractivity (Wildman–Crippen MR) is 85.1 cm³/mol. The smallest absolute Gasteiger partial charge is 0.356 e. The van der Waals surface area contributed by atoms with E-state index in [1.54, 1.807) is 13.8 Å². The summed E-state index contributed by atoms with van der Waals surface area (Å²) in [6, 6.07) is 9.29. The first-order valence-corrected chi connectivity index (χ1v) is 7.30. The topological polar surface area (TPSA) is 68.4 Å². The highest BCUT2D eigenvalue weighted by atomic mass is 16.5. The van der Waals surface area contributed by atoms with Gasteiger partial charge in [0.05, 0.1) is 24.3 Å². The molecule has 0 amide bonds. The van der Waals surface area contributed by atoms with Gasteiger partial charge in [0.2, 0.25) is 0 Å². The maximum Gasteiger partial charge on any atom is 0.356 e. The van der Waals surface area contributed by atoms with Crippen LogP contribution in [0.1, 0.15) is 45.8 Å². The van der Waals surface area contributed by atoms with Gasteiger partial charge in [-0.15, -0.1) is 0 Å². The van der Waals surface area contributed by atoms with Gasteiger partial charge in [-0.25, -0.2) is 9.59 Å². The van der Waals surface area contributed by atoms with Crippen LogP contribution < -0.4 is 0 Å². The molecule has 0 saturated heterocycles. The molecule has 2 rings (SSSR count). The molecule has 1 aromatic carbocycles. The molecule has 0 radical (unpaired) electrons. The fraction of sp³-hybridized carbons (Fsp3) is 0.222. The molecule has 0 spiro atoms. The molecule has 0 aliphatic heterocycles. The van der Waals surface area contributed by atoms with E-state index in [1.807, 2.05) is 30.3 Å². The summed E-state index contributed by atoms with van der Waals surface area (Å²) in [5, 5.41) is 0. The van der Waals surface area contributed by atoms with Crippen molar-refractivity contribution in [3.8, 4) is 11.8 Å². The number of carbonyl (C=O) groups is 2. The number of carbonyl (C=O) groups excluding carboxylic acids is 2. The summed E-state index contributed by atoms with van der Waals surface area (Å²) in [4.78, 5) is 26.8. The third kappa shape index (κ3) is 4.01. The monoisotopic (exact) mass is 311 g/mol. The van der Waals surface area contributed by atoms with Gasteiger partial charge in [-0.2, -0.15) is 0 Å². The minimum atomic E-state index is -0.555. The van der Waals surface area contributed by atoms with E-state index in [1.165, 1.54) is 6.20 Å². The molecule has 1 N–H and O–H groups in total. The average Bonchev–Trinajstić information content (AvgIpc) is 2.98. The van der Waals surface area contributed by atoms with Crippen LogP contribution in [0.5, 0.6) is 0 Å². The lowest BCUT2D eigenvalue weighted by Crippen LogP contribution is -2.09. The van der Waals surface area contributed by atoms with Gasteiger partial charge >= 0.3 is 11.9 Å². The average molecular weight is 311 g/mol. The Bertz CT molecular complexity index is 715. The molecular weight excluding hydrogens is 294 g/mol. The summed E-state index contributed by atoms with van der Waals surface area (Å²) in [5.41, 5.74) is 1.43. The number of rotatable bonds is 4. The van der Waals surface area contributed by atoms with E-state index >= 15 is 0 Å². The first-order valence-electron chi connectivity index (χ1n) is 7.30. The zero-order valence-electron chi connectivity index (χ0n) is 13.0. The number of hydrogen-bond donors (Lipinski definition) is 1. The van der Waals surface area contributed by atoms with E-state index < -0.39 is 11.9 Å². The molecule has 0 fully saturated rings. The Hall–Kier alpha value is -3.00. The molecule has 1 heterocycles. The van der Waals surface area contributed by atoms with Crippen molar-refractivity contribution in [2.24, 2.45) is 0 Å². The fourth-order valence-electron chi connectivity index (χ4n) is 1.94. The molecule has 2 aromatic rings. The molecule has 0 bridgehead atoms. The van der Waals surface area contributed by atoms with E-state index in [2.05, 4.69) is 16.8 Å². The Morgan fingerprint density at radius 2 is 1.65 bits per heavy atom. The second-order valence-corrected chi connectivity index (χ2v) is 4.51. The van der Waals surface area contributed by atoms with E-state index in [0.29, 0.717) is 0 Å². The van der Waals surface area contributed by atoms with E-state index in [4.69, 9.17) is 9.47 Å². The Kier molecular flexibility index (Phi) is 5.59. The molecule has 5 nitrogen and oxygen atoms in total. The molecular formula is C18H17NO4. The molecule has 118 valence electrons. The second-order valence-electron chi connectivity index (χ2n) is 4.51. The van der Waals surface area contributed by atoms with Crippen LogP contribution in [0, 0.1) is 11.8 Å². The highest BCUT2D eigenvalue weighted by Crippen LogP contribution is 2.16. The highest BCUT2D eigenvalue weighted by Gasteiger charge is 2.22. The SMILES string of the molecule is CCOC(=O)c1c[nH]c(C(=O)OCC)c1C#Cc1ccccc1. The Morgan fingerprint density at radius 1 is 1.00 bits per heavy atom. The summed E-state index contributed by atoms with van der Waals surface area (Å²) in [6.07, 6.45) is 1.42. The summed E-state index contributed by atoms with van der Waals surface area (Å²) < 4.78 is 9.98. The molecule has 5 heteroatoms. The zero-order valence-corrected chi connectivity index (χ0v) is 13.0. The third-order valence-electron chi connectivity index (χ3n) is 2.96. The van der Waals surface area contributed by atoms with Gasteiger partial charge in [-0.05, 0) is 26.0 Å². The first-order chi connectivity index (χ1) is 11.2. The van der Waals surface area contributed by atoms with Crippen molar-refractivity contribution in [2.45, 2.75) is 13.8 Å². The van der Waals surface area contributed by atoms with Gasteiger partial charge < -0.3 is 14.5 Å². The zero-order chi connectivity index (χ0) is 16.7.